The molecule has 3 aromatic rings. The number of nitrogens with one attached hydrogen (secondary N) is 2. The SMILES string of the molecule is Cc1cc(OCC(=O)NNC(=O)C=Cc2cccc3ccccc23)cc(C)c1Cl. The molecule has 0 spiro atoms. The van der Waals surface area contributed by atoms with Gasteiger partial charge < -0.3 is 4.74 Å². The van der Waals surface area contributed by atoms with E-state index in [9.17, 15) is 9.59 Å². The zero-order valence-electron chi connectivity index (χ0n) is 16.2. The summed E-state index contributed by atoms with van der Waals surface area (Å²) in [6, 6.07) is 17.3. The zero-order valence-corrected chi connectivity index (χ0v) is 16.9. The maximum Gasteiger partial charge on any atom is 0.276 e. The van der Waals surface area contributed by atoms with Crippen LogP contribution in [0.25, 0.3) is 16.8 Å². The first-order chi connectivity index (χ1) is 13.9. The highest BCUT2D eigenvalue weighted by atomic mass is 35.5. The molecule has 0 aliphatic carbocycles. The number of ether oxygens (including phenoxy) is 1. The lowest BCUT2D eigenvalue weighted by Gasteiger charge is -2.10. The molecule has 0 bridgehead atoms. The molecule has 3 rings (SSSR count). The Morgan fingerprint density at radius 3 is 2.45 bits per heavy atom. The van der Waals surface area contributed by atoms with Crippen molar-refractivity contribution in [2.75, 3.05) is 6.61 Å². The van der Waals surface area contributed by atoms with Gasteiger partial charge in [-0.15, -0.1) is 0 Å². The van der Waals surface area contributed by atoms with E-state index in [1.165, 1.54) is 6.08 Å². The third-order valence-corrected chi connectivity index (χ3v) is 4.94. The number of aryl methyl sites for hydroxylation is 2. The second-order valence-electron chi connectivity index (χ2n) is 6.60. The minimum absolute atomic E-state index is 0.228. The lowest BCUT2D eigenvalue weighted by molar-refractivity contribution is -0.128. The molecule has 0 atom stereocenters. The fourth-order valence-electron chi connectivity index (χ4n) is 2.91. The number of carbonyl (C=O) groups is 2. The summed E-state index contributed by atoms with van der Waals surface area (Å²) in [5.74, 6) is -0.367. The molecule has 0 heterocycles. The number of hydrazine groups is 1. The first-order valence-electron chi connectivity index (χ1n) is 9.08. The average Bonchev–Trinajstić information content (AvgIpc) is 2.72. The fraction of sp³-hybridized carbons (Fsp3) is 0.130. The molecule has 2 amide bonds. The Hall–Kier alpha value is -3.31. The molecular weight excluding hydrogens is 388 g/mol. The molecular formula is C23H21ClN2O3. The standard InChI is InChI=1S/C23H21ClN2O3/c1-15-12-19(13-16(2)23(15)24)29-14-22(28)26-25-21(27)11-10-18-8-5-7-17-6-3-4-9-20(17)18/h3-13H,14H2,1-2H3,(H,25,27)(H,26,28). The molecule has 6 heteroatoms. The molecule has 0 radical (unpaired) electrons. The quantitative estimate of drug-likeness (QED) is 0.487. The van der Waals surface area contributed by atoms with Crippen molar-refractivity contribution in [2.45, 2.75) is 13.8 Å². The van der Waals surface area contributed by atoms with Crippen LogP contribution in [0.2, 0.25) is 5.02 Å². The Kier molecular flexibility index (Phi) is 6.52. The van der Waals surface area contributed by atoms with E-state index in [2.05, 4.69) is 10.9 Å². The van der Waals surface area contributed by atoms with Gasteiger partial charge in [-0.05, 0) is 59.5 Å². The highest BCUT2D eigenvalue weighted by Crippen LogP contribution is 2.25. The topological polar surface area (TPSA) is 67.4 Å². The molecule has 148 valence electrons. The molecule has 0 aliphatic heterocycles. The number of halogens is 1. The van der Waals surface area contributed by atoms with Gasteiger partial charge in [0.15, 0.2) is 6.61 Å². The number of fused-ring (bicyclic) bond motifs is 1. The van der Waals surface area contributed by atoms with Crippen molar-refractivity contribution in [2.24, 2.45) is 0 Å². The van der Waals surface area contributed by atoms with Crippen molar-refractivity contribution < 1.29 is 14.3 Å². The highest BCUT2D eigenvalue weighted by molar-refractivity contribution is 6.32. The predicted octanol–water partition coefficient (Wildman–Crippen LogP) is 4.35. The van der Waals surface area contributed by atoms with Crippen LogP contribution in [0.3, 0.4) is 0 Å². The van der Waals surface area contributed by atoms with Crippen LogP contribution in [0, 0.1) is 13.8 Å². The maximum absolute atomic E-state index is 12.0. The van der Waals surface area contributed by atoms with Gasteiger partial charge in [-0.3, -0.25) is 20.4 Å². The van der Waals surface area contributed by atoms with Gasteiger partial charge in [-0.1, -0.05) is 54.1 Å². The molecule has 0 unspecified atom stereocenters. The van der Waals surface area contributed by atoms with Gasteiger partial charge in [-0.2, -0.15) is 0 Å². The molecule has 5 nitrogen and oxygen atoms in total. The van der Waals surface area contributed by atoms with Crippen LogP contribution >= 0.6 is 11.6 Å². The third kappa shape index (κ3) is 5.36. The van der Waals surface area contributed by atoms with Gasteiger partial charge in [-0.25, -0.2) is 0 Å². The maximum atomic E-state index is 12.0. The molecule has 2 N–H and O–H groups in total. The van der Waals surface area contributed by atoms with Gasteiger partial charge in [0.2, 0.25) is 0 Å². The molecule has 0 fully saturated rings. The Morgan fingerprint density at radius 1 is 1.00 bits per heavy atom. The number of benzene rings is 3. The number of hydrogen-bond acceptors (Lipinski definition) is 3. The second-order valence-corrected chi connectivity index (χ2v) is 6.98. The summed E-state index contributed by atoms with van der Waals surface area (Å²) in [7, 11) is 0. The van der Waals surface area contributed by atoms with Crippen LogP contribution in [-0.4, -0.2) is 18.4 Å². The minimum Gasteiger partial charge on any atom is -0.484 e. The smallest absolute Gasteiger partial charge is 0.276 e. The van der Waals surface area contributed by atoms with Gasteiger partial charge in [0, 0.05) is 11.1 Å². The number of hydrogen-bond donors (Lipinski definition) is 2. The average molecular weight is 409 g/mol. The van der Waals surface area contributed by atoms with E-state index in [1.807, 2.05) is 56.3 Å². The van der Waals surface area contributed by atoms with Crippen LogP contribution in [0.1, 0.15) is 16.7 Å². The Balaban J connectivity index is 1.51. The minimum atomic E-state index is -0.470. The second kappa shape index (κ2) is 9.26. The van der Waals surface area contributed by atoms with Gasteiger partial charge in [0.05, 0.1) is 0 Å². The summed E-state index contributed by atoms with van der Waals surface area (Å²) in [6.07, 6.45) is 3.08. The van der Waals surface area contributed by atoms with E-state index >= 15 is 0 Å². The van der Waals surface area contributed by atoms with Crippen molar-refractivity contribution in [1.82, 2.24) is 10.9 Å². The van der Waals surface area contributed by atoms with Crippen LogP contribution < -0.4 is 15.6 Å². The molecule has 0 saturated carbocycles. The first-order valence-corrected chi connectivity index (χ1v) is 9.46. The van der Waals surface area contributed by atoms with Crippen molar-refractivity contribution in [3.63, 3.8) is 0 Å². The summed E-state index contributed by atoms with van der Waals surface area (Å²) >= 11 is 6.11. The van der Waals surface area contributed by atoms with E-state index in [0.717, 1.165) is 27.5 Å². The number of amides is 2. The molecule has 29 heavy (non-hydrogen) atoms. The van der Waals surface area contributed by atoms with Gasteiger partial charge >= 0.3 is 0 Å². The van der Waals surface area contributed by atoms with Gasteiger partial charge in [0.25, 0.3) is 11.8 Å². The Morgan fingerprint density at radius 2 is 1.69 bits per heavy atom. The van der Waals surface area contributed by atoms with E-state index < -0.39 is 11.8 Å². The number of rotatable bonds is 5. The third-order valence-electron chi connectivity index (χ3n) is 4.34. The molecule has 3 aromatic carbocycles. The summed E-state index contributed by atoms with van der Waals surface area (Å²) < 4.78 is 5.45. The highest BCUT2D eigenvalue weighted by Gasteiger charge is 2.07. The lowest BCUT2D eigenvalue weighted by atomic mass is 10.0. The molecule has 0 saturated heterocycles. The predicted molar refractivity (Wildman–Crippen MR) is 116 cm³/mol. The van der Waals surface area contributed by atoms with Crippen molar-refractivity contribution in [3.05, 3.63) is 82.4 Å². The van der Waals surface area contributed by atoms with E-state index in [0.29, 0.717) is 10.8 Å². The zero-order chi connectivity index (χ0) is 20.8. The van der Waals surface area contributed by atoms with Crippen molar-refractivity contribution in [1.29, 1.82) is 0 Å². The summed E-state index contributed by atoms with van der Waals surface area (Å²) in [6.45, 7) is 3.50. The molecule has 0 aliphatic rings. The van der Waals surface area contributed by atoms with E-state index in [1.54, 1.807) is 18.2 Å². The number of carbonyl (C=O) groups excluding carboxylic acids is 2. The monoisotopic (exact) mass is 408 g/mol. The fourth-order valence-corrected chi connectivity index (χ4v) is 3.02. The molecule has 0 aromatic heterocycles. The normalized spacial score (nSPS) is 10.9. The van der Waals surface area contributed by atoms with Gasteiger partial charge in [0.1, 0.15) is 5.75 Å². The largest absolute Gasteiger partial charge is 0.484 e. The van der Waals surface area contributed by atoms with Crippen LogP contribution in [0.15, 0.2) is 60.7 Å². The van der Waals surface area contributed by atoms with Crippen LogP contribution in [0.5, 0.6) is 5.75 Å². The van der Waals surface area contributed by atoms with Crippen molar-refractivity contribution in [3.8, 4) is 5.75 Å². The lowest BCUT2D eigenvalue weighted by Crippen LogP contribution is -2.43. The summed E-state index contributed by atoms with van der Waals surface area (Å²) in [5.41, 5.74) is 7.33. The van der Waals surface area contributed by atoms with Crippen molar-refractivity contribution >= 4 is 40.3 Å². The van der Waals surface area contributed by atoms with E-state index in [4.69, 9.17) is 16.3 Å². The summed E-state index contributed by atoms with van der Waals surface area (Å²) in [5, 5.41) is 2.81. The van der Waals surface area contributed by atoms with Crippen LogP contribution in [0.4, 0.5) is 0 Å². The Labute approximate surface area is 174 Å². The Bertz CT molecular complexity index is 1060. The van der Waals surface area contributed by atoms with Crippen LogP contribution in [-0.2, 0) is 9.59 Å². The summed E-state index contributed by atoms with van der Waals surface area (Å²) in [4.78, 5) is 23.9. The first kappa shape index (κ1) is 20.4. The van der Waals surface area contributed by atoms with E-state index in [-0.39, 0.29) is 6.61 Å².